The van der Waals surface area contributed by atoms with Gasteiger partial charge in [-0.3, -0.25) is 4.79 Å². The summed E-state index contributed by atoms with van der Waals surface area (Å²) in [4.78, 5) is 12.1. The molecule has 15 heavy (non-hydrogen) atoms. The lowest BCUT2D eigenvalue weighted by molar-refractivity contribution is -0.128. The molecule has 1 aliphatic heterocycles. The molecule has 0 aliphatic carbocycles. The molecule has 0 radical (unpaired) electrons. The van der Waals surface area contributed by atoms with Crippen LogP contribution in [0.5, 0.6) is 0 Å². The number of carbonyl (C=O) groups excluding carboxylic acids is 1. The number of methoxy groups -OCH3 is 1. The monoisotopic (exact) mass is 214 g/mol. The fraction of sp³-hybridized carbons (Fsp3) is 0.917. The zero-order valence-electron chi connectivity index (χ0n) is 9.99. The molecule has 0 saturated carbocycles. The van der Waals surface area contributed by atoms with Crippen LogP contribution < -0.4 is 0 Å². The molecular formula is C12H22O3. The molecule has 1 saturated heterocycles. The first kappa shape index (κ1) is 12.7. The molecule has 0 aromatic heterocycles. The van der Waals surface area contributed by atoms with Gasteiger partial charge >= 0.3 is 0 Å². The molecule has 0 aromatic carbocycles. The van der Waals surface area contributed by atoms with Crippen molar-refractivity contribution in [3.8, 4) is 0 Å². The largest absolute Gasteiger partial charge is 0.385 e. The predicted octanol–water partition coefficient (Wildman–Crippen LogP) is 2.04. The minimum absolute atomic E-state index is 0.102. The number of hydrogen-bond donors (Lipinski definition) is 0. The third-order valence-corrected chi connectivity index (χ3v) is 3.22. The molecular weight excluding hydrogens is 192 g/mol. The topological polar surface area (TPSA) is 35.5 Å². The first-order valence-electron chi connectivity index (χ1n) is 5.85. The Hall–Kier alpha value is -0.410. The Morgan fingerprint density at radius 1 is 1.60 bits per heavy atom. The van der Waals surface area contributed by atoms with E-state index in [1.165, 1.54) is 0 Å². The van der Waals surface area contributed by atoms with E-state index in [9.17, 15) is 4.79 Å². The van der Waals surface area contributed by atoms with Crippen molar-refractivity contribution in [2.75, 3.05) is 20.3 Å². The van der Waals surface area contributed by atoms with Gasteiger partial charge in [-0.25, -0.2) is 0 Å². The molecule has 0 aromatic rings. The van der Waals surface area contributed by atoms with Gasteiger partial charge < -0.3 is 9.47 Å². The second-order valence-corrected chi connectivity index (χ2v) is 4.30. The normalized spacial score (nSPS) is 27.9. The summed E-state index contributed by atoms with van der Waals surface area (Å²) in [7, 11) is 1.67. The molecule has 1 heterocycles. The molecule has 3 nitrogen and oxygen atoms in total. The van der Waals surface area contributed by atoms with Gasteiger partial charge in [-0.1, -0.05) is 13.8 Å². The number of rotatable bonds is 6. The highest BCUT2D eigenvalue weighted by Crippen LogP contribution is 2.27. The van der Waals surface area contributed by atoms with Crippen molar-refractivity contribution >= 4 is 5.78 Å². The van der Waals surface area contributed by atoms with Crippen LogP contribution in [0.1, 0.15) is 33.1 Å². The van der Waals surface area contributed by atoms with Gasteiger partial charge in [0.2, 0.25) is 0 Å². The van der Waals surface area contributed by atoms with E-state index in [0.717, 1.165) is 25.9 Å². The van der Waals surface area contributed by atoms with E-state index in [2.05, 4.69) is 6.92 Å². The van der Waals surface area contributed by atoms with Crippen molar-refractivity contribution in [2.24, 2.45) is 11.8 Å². The van der Waals surface area contributed by atoms with Gasteiger partial charge in [0.15, 0.2) is 0 Å². The Kier molecular flexibility index (Phi) is 5.26. The average molecular weight is 214 g/mol. The Morgan fingerprint density at radius 3 is 2.93 bits per heavy atom. The first-order chi connectivity index (χ1) is 7.20. The molecule has 0 amide bonds. The zero-order valence-corrected chi connectivity index (χ0v) is 9.99. The number of ketones is 1. The summed E-state index contributed by atoms with van der Waals surface area (Å²) in [6.07, 6.45) is 2.81. The van der Waals surface area contributed by atoms with Crippen LogP contribution in [0.25, 0.3) is 0 Å². The second-order valence-electron chi connectivity index (χ2n) is 4.30. The molecule has 0 bridgehead atoms. The maximum Gasteiger partial charge on any atom is 0.141 e. The van der Waals surface area contributed by atoms with Crippen LogP contribution in [0.4, 0.5) is 0 Å². The van der Waals surface area contributed by atoms with Crippen LogP contribution >= 0.6 is 0 Å². The number of carbonyl (C=O) groups is 1. The minimum atomic E-state index is 0.102. The van der Waals surface area contributed by atoms with Crippen LogP contribution in [-0.4, -0.2) is 32.2 Å². The Bertz CT molecular complexity index is 203. The smallest absolute Gasteiger partial charge is 0.141 e. The van der Waals surface area contributed by atoms with Crippen molar-refractivity contribution in [3.63, 3.8) is 0 Å². The Morgan fingerprint density at radius 2 is 2.33 bits per heavy atom. The third kappa shape index (κ3) is 3.28. The molecule has 0 spiro atoms. The lowest BCUT2D eigenvalue weighted by atomic mass is 9.86. The highest BCUT2D eigenvalue weighted by molar-refractivity contribution is 5.83. The number of Topliss-reactive ketones (excluding diaryl/α,β-unsaturated/α-hetero) is 1. The van der Waals surface area contributed by atoms with Gasteiger partial charge in [-0.2, -0.15) is 0 Å². The molecule has 88 valence electrons. The summed E-state index contributed by atoms with van der Waals surface area (Å²) < 4.78 is 10.5. The summed E-state index contributed by atoms with van der Waals surface area (Å²) in [6.45, 7) is 5.48. The van der Waals surface area contributed by atoms with Crippen molar-refractivity contribution in [3.05, 3.63) is 0 Å². The zero-order chi connectivity index (χ0) is 11.3. The Balaban J connectivity index is 2.44. The fourth-order valence-corrected chi connectivity index (χ4v) is 2.18. The van der Waals surface area contributed by atoms with Crippen LogP contribution in [0, 0.1) is 11.8 Å². The van der Waals surface area contributed by atoms with Gasteiger partial charge in [-0.15, -0.1) is 0 Å². The van der Waals surface area contributed by atoms with Crippen LogP contribution in [0.2, 0.25) is 0 Å². The standard InChI is InChI=1S/C12H22O3/c1-4-11-10(6-8-15-11)12(13)9(2)5-7-14-3/h9-11H,4-8H2,1-3H3. The van der Waals surface area contributed by atoms with Crippen molar-refractivity contribution in [2.45, 2.75) is 39.2 Å². The highest BCUT2D eigenvalue weighted by Gasteiger charge is 2.34. The van der Waals surface area contributed by atoms with E-state index in [0.29, 0.717) is 12.4 Å². The molecule has 3 heteroatoms. The molecule has 3 atom stereocenters. The molecule has 0 N–H and O–H groups in total. The van der Waals surface area contributed by atoms with E-state index < -0.39 is 0 Å². The van der Waals surface area contributed by atoms with Crippen LogP contribution in [-0.2, 0) is 14.3 Å². The molecule has 1 aliphatic rings. The van der Waals surface area contributed by atoms with E-state index in [1.807, 2.05) is 6.92 Å². The molecule has 3 unspecified atom stereocenters. The SMILES string of the molecule is CCC1OCCC1C(=O)C(C)CCOC. The lowest BCUT2D eigenvalue weighted by Gasteiger charge is -2.19. The first-order valence-corrected chi connectivity index (χ1v) is 5.85. The molecule has 1 rings (SSSR count). The highest BCUT2D eigenvalue weighted by atomic mass is 16.5. The molecule has 1 fully saturated rings. The van der Waals surface area contributed by atoms with Gasteiger partial charge in [0, 0.05) is 32.2 Å². The second kappa shape index (κ2) is 6.23. The van der Waals surface area contributed by atoms with Crippen molar-refractivity contribution < 1.29 is 14.3 Å². The van der Waals surface area contributed by atoms with Crippen molar-refractivity contribution in [1.82, 2.24) is 0 Å². The van der Waals surface area contributed by atoms with Crippen molar-refractivity contribution in [1.29, 1.82) is 0 Å². The van der Waals surface area contributed by atoms with E-state index >= 15 is 0 Å². The van der Waals surface area contributed by atoms with Crippen LogP contribution in [0.3, 0.4) is 0 Å². The summed E-state index contributed by atoms with van der Waals surface area (Å²) in [5, 5.41) is 0. The van der Waals surface area contributed by atoms with Gasteiger partial charge in [-0.05, 0) is 19.3 Å². The van der Waals surface area contributed by atoms with Gasteiger partial charge in [0.1, 0.15) is 5.78 Å². The minimum Gasteiger partial charge on any atom is -0.385 e. The maximum atomic E-state index is 12.1. The predicted molar refractivity (Wildman–Crippen MR) is 58.8 cm³/mol. The quantitative estimate of drug-likeness (QED) is 0.678. The summed E-state index contributed by atoms with van der Waals surface area (Å²) in [5.74, 6) is 0.587. The van der Waals surface area contributed by atoms with E-state index in [4.69, 9.17) is 9.47 Å². The third-order valence-electron chi connectivity index (χ3n) is 3.22. The fourth-order valence-electron chi connectivity index (χ4n) is 2.18. The van der Waals surface area contributed by atoms with Gasteiger partial charge in [0.25, 0.3) is 0 Å². The summed E-state index contributed by atoms with van der Waals surface area (Å²) >= 11 is 0. The van der Waals surface area contributed by atoms with E-state index in [1.54, 1.807) is 7.11 Å². The maximum absolute atomic E-state index is 12.1. The van der Waals surface area contributed by atoms with Crippen LogP contribution in [0.15, 0.2) is 0 Å². The van der Waals surface area contributed by atoms with E-state index in [-0.39, 0.29) is 17.9 Å². The lowest BCUT2D eigenvalue weighted by Crippen LogP contribution is -2.28. The summed E-state index contributed by atoms with van der Waals surface area (Å²) in [5.41, 5.74) is 0. The van der Waals surface area contributed by atoms with Gasteiger partial charge in [0.05, 0.1) is 6.10 Å². The summed E-state index contributed by atoms with van der Waals surface area (Å²) in [6, 6.07) is 0. The number of ether oxygens (including phenoxy) is 2. The average Bonchev–Trinajstić information content (AvgIpc) is 2.72. The number of hydrogen-bond acceptors (Lipinski definition) is 3. The Labute approximate surface area is 92.1 Å².